The van der Waals surface area contributed by atoms with E-state index in [-0.39, 0.29) is 5.82 Å². The average Bonchev–Trinajstić information content (AvgIpc) is 2.34. The molecular weight excluding hydrogens is 217 g/mol. The van der Waals surface area contributed by atoms with E-state index in [1.165, 1.54) is 12.1 Å². The Kier molecular flexibility index (Phi) is 3.77. The molecule has 0 bridgehead atoms. The molecule has 0 aliphatic heterocycles. The summed E-state index contributed by atoms with van der Waals surface area (Å²) in [5.74, 6) is -0.210. The second kappa shape index (κ2) is 5.50. The second-order valence-corrected chi connectivity index (χ2v) is 3.88. The molecule has 0 spiro atoms. The average molecular weight is 231 g/mol. The fourth-order valence-corrected chi connectivity index (χ4v) is 1.45. The zero-order chi connectivity index (χ0) is 12.1. The van der Waals surface area contributed by atoms with Crippen molar-refractivity contribution >= 4 is 0 Å². The quantitative estimate of drug-likeness (QED) is 0.876. The number of benzene rings is 1. The molecular formula is C13H14FN3. The molecule has 4 heteroatoms. The van der Waals surface area contributed by atoms with Crippen LogP contribution in [0.5, 0.6) is 0 Å². The number of rotatable bonds is 4. The molecule has 0 amide bonds. The molecule has 0 saturated carbocycles. The summed E-state index contributed by atoms with van der Waals surface area (Å²) in [6.07, 6.45) is 3.50. The van der Waals surface area contributed by atoms with Gasteiger partial charge in [0.25, 0.3) is 0 Å². The van der Waals surface area contributed by atoms with Crippen molar-refractivity contribution in [3.63, 3.8) is 0 Å². The third kappa shape index (κ3) is 3.60. The molecule has 0 saturated heterocycles. The van der Waals surface area contributed by atoms with Gasteiger partial charge in [0, 0.05) is 25.5 Å². The first kappa shape index (κ1) is 11.7. The van der Waals surface area contributed by atoms with E-state index in [1.807, 2.05) is 6.92 Å². The van der Waals surface area contributed by atoms with Gasteiger partial charge in [0.1, 0.15) is 5.82 Å². The van der Waals surface area contributed by atoms with Gasteiger partial charge in [-0.15, -0.1) is 0 Å². The Morgan fingerprint density at radius 1 is 1.06 bits per heavy atom. The number of nitrogens with zero attached hydrogens (tertiary/aromatic N) is 2. The Bertz CT molecular complexity index is 420. The normalized spacial score (nSPS) is 10.5. The third-order valence-corrected chi connectivity index (χ3v) is 2.38. The summed E-state index contributed by atoms with van der Waals surface area (Å²) in [5.41, 5.74) is 2.86. The van der Waals surface area contributed by atoms with Crippen LogP contribution in [-0.2, 0) is 13.1 Å². The molecule has 88 valence electrons. The number of hydrogen-bond acceptors (Lipinski definition) is 3. The molecule has 0 radical (unpaired) electrons. The van der Waals surface area contributed by atoms with E-state index in [9.17, 15) is 4.39 Å². The summed E-state index contributed by atoms with van der Waals surface area (Å²) < 4.78 is 12.7. The molecule has 0 atom stereocenters. The lowest BCUT2D eigenvalue weighted by molar-refractivity contribution is 0.624. The zero-order valence-corrected chi connectivity index (χ0v) is 9.65. The first-order valence-electron chi connectivity index (χ1n) is 5.47. The van der Waals surface area contributed by atoms with Crippen molar-refractivity contribution in [1.29, 1.82) is 0 Å². The Morgan fingerprint density at radius 2 is 1.82 bits per heavy atom. The molecule has 0 aliphatic carbocycles. The van der Waals surface area contributed by atoms with Crippen LogP contribution in [0, 0.1) is 12.7 Å². The van der Waals surface area contributed by atoms with Crippen molar-refractivity contribution in [2.24, 2.45) is 0 Å². The zero-order valence-electron chi connectivity index (χ0n) is 9.65. The lowest BCUT2D eigenvalue weighted by atomic mass is 10.2. The molecule has 1 N–H and O–H groups in total. The maximum Gasteiger partial charge on any atom is 0.123 e. The summed E-state index contributed by atoms with van der Waals surface area (Å²) in [6.45, 7) is 3.25. The Morgan fingerprint density at radius 3 is 2.47 bits per heavy atom. The van der Waals surface area contributed by atoms with Crippen LogP contribution >= 0.6 is 0 Å². The Balaban J connectivity index is 1.83. The number of aromatic nitrogens is 2. The molecule has 0 unspecified atom stereocenters. The smallest absolute Gasteiger partial charge is 0.123 e. The minimum Gasteiger partial charge on any atom is -0.307 e. The SMILES string of the molecule is Cc1cnc(CNCc2ccc(F)cc2)cn1. The van der Waals surface area contributed by atoms with E-state index in [1.54, 1.807) is 24.5 Å². The summed E-state index contributed by atoms with van der Waals surface area (Å²) in [4.78, 5) is 8.40. The van der Waals surface area contributed by atoms with Gasteiger partial charge in [-0.1, -0.05) is 12.1 Å². The topological polar surface area (TPSA) is 37.8 Å². The van der Waals surface area contributed by atoms with Crippen LogP contribution in [-0.4, -0.2) is 9.97 Å². The monoisotopic (exact) mass is 231 g/mol. The standard InChI is InChI=1S/C13H14FN3/c1-10-6-17-13(9-16-10)8-15-7-11-2-4-12(14)5-3-11/h2-6,9,15H,7-8H2,1H3. The second-order valence-electron chi connectivity index (χ2n) is 3.88. The lowest BCUT2D eigenvalue weighted by Gasteiger charge is -2.04. The van der Waals surface area contributed by atoms with Crippen LogP contribution < -0.4 is 5.32 Å². The van der Waals surface area contributed by atoms with Crippen molar-refractivity contribution < 1.29 is 4.39 Å². The lowest BCUT2D eigenvalue weighted by Crippen LogP contribution is -2.13. The molecule has 3 nitrogen and oxygen atoms in total. The number of nitrogens with one attached hydrogen (secondary N) is 1. The van der Waals surface area contributed by atoms with Gasteiger partial charge < -0.3 is 5.32 Å². The molecule has 2 aromatic rings. The Hall–Kier alpha value is -1.81. The summed E-state index contributed by atoms with van der Waals surface area (Å²) in [5, 5.41) is 3.23. The van der Waals surface area contributed by atoms with Crippen LogP contribution in [0.25, 0.3) is 0 Å². The van der Waals surface area contributed by atoms with Crippen molar-refractivity contribution in [1.82, 2.24) is 15.3 Å². The maximum absolute atomic E-state index is 12.7. The molecule has 1 aromatic carbocycles. The van der Waals surface area contributed by atoms with Crippen molar-refractivity contribution in [3.8, 4) is 0 Å². The van der Waals surface area contributed by atoms with E-state index < -0.39 is 0 Å². The minimum atomic E-state index is -0.210. The minimum absolute atomic E-state index is 0.210. The Labute approximate surface area is 99.7 Å². The number of aryl methyl sites for hydroxylation is 1. The molecule has 0 fully saturated rings. The highest BCUT2D eigenvalue weighted by atomic mass is 19.1. The van der Waals surface area contributed by atoms with Gasteiger partial charge in [-0.3, -0.25) is 9.97 Å². The summed E-state index contributed by atoms with van der Waals surface area (Å²) >= 11 is 0. The highest BCUT2D eigenvalue weighted by molar-refractivity contribution is 5.15. The fourth-order valence-electron chi connectivity index (χ4n) is 1.45. The van der Waals surface area contributed by atoms with Crippen molar-refractivity contribution in [2.45, 2.75) is 20.0 Å². The van der Waals surface area contributed by atoms with E-state index >= 15 is 0 Å². The third-order valence-electron chi connectivity index (χ3n) is 2.38. The van der Waals surface area contributed by atoms with E-state index in [0.717, 1.165) is 17.0 Å². The largest absolute Gasteiger partial charge is 0.307 e. The number of hydrogen-bond donors (Lipinski definition) is 1. The first-order chi connectivity index (χ1) is 8.24. The van der Waals surface area contributed by atoms with Gasteiger partial charge in [0.15, 0.2) is 0 Å². The maximum atomic E-state index is 12.7. The van der Waals surface area contributed by atoms with Gasteiger partial charge in [-0.05, 0) is 24.6 Å². The fraction of sp³-hybridized carbons (Fsp3) is 0.231. The van der Waals surface area contributed by atoms with E-state index in [2.05, 4.69) is 15.3 Å². The van der Waals surface area contributed by atoms with Gasteiger partial charge >= 0.3 is 0 Å². The van der Waals surface area contributed by atoms with Gasteiger partial charge in [-0.25, -0.2) is 4.39 Å². The molecule has 1 heterocycles. The molecule has 17 heavy (non-hydrogen) atoms. The molecule has 2 rings (SSSR count). The van der Waals surface area contributed by atoms with Crippen LogP contribution in [0.15, 0.2) is 36.7 Å². The van der Waals surface area contributed by atoms with Crippen molar-refractivity contribution in [2.75, 3.05) is 0 Å². The van der Waals surface area contributed by atoms with Crippen LogP contribution in [0.3, 0.4) is 0 Å². The van der Waals surface area contributed by atoms with Gasteiger partial charge in [0.2, 0.25) is 0 Å². The van der Waals surface area contributed by atoms with Crippen LogP contribution in [0.2, 0.25) is 0 Å². The highest BCUT2D eigenvalue weighted by Gasteiger charge is 1.96. The van der Waals surface area contributed by atoms with E-state index in [4.69, 9.17) is 0 Å². The highest BCUT2D eigenvalue weighted by Crippen LogP contribution is 2.02. The predicted molar refractivity (Wildman–Crippen MR) is 63.7 cm³/mol. The van der Waals surface area contributed by atoms with Gasteiger partial charge in [0.05, 0.1) is 11.4 Å². The van der Waals surface area contributed by atoms with Crippen LogP contribution in [0.4, 0.5) is 4.39 Å². The predicted octanol–water partition coefficient (Wildman–Crippen LogP) is 2.21. The first-order valence-corrected chi connectivity index (χ1v) is 5.47. The van der Waals surface area contributed by atoms with Gasteiger partial charge in [-0.2, -0.15) is 0 Å². The molecule has 0 aliphatic rings. The molecule has 1 aromatic heterocycles. The van der Waals surface area contributed by atoms with Crippen molar-refractivity contribution in [3.05, 3.63) is 59.4 Å². The number of halogens is 1. The van der Waals surface area contributed by atoms with Crippen LogP contribution in [0.1, 0.15) is 17.0 Å². The van der Waals surface area contributed by atoms with E-state index in [0.29, 0.717) is 13.1 Å². The summed E-state index contributed by atoms with van der Waals surface area (Å²) in [7, 11) is 0. The summed E-state index contributed by atoms with van der Waals surface area (Å²) in [6, 6.07) is 6.46.